The molecule has 88 valence electrons. The maximum Gasteiger partial charge on any atom is 0.123 e. The molecule has 0 amide bonds. The second kappa shape index (κ2) is 5.32. The van der Waals surface area contributed by atoms with Crippen LogP contribution >= 0.6 is 15.9 Å². The Morgan fingerprint density at radius 3 is 2.47 bits per heavy atom. The van der Waals surface area contributed by atoms with Crippen molar-refractivity contribution in [3.63, 3.8) is 0 Å². The smallest absolute Gasteiger partial charge is 0.123 e. The van der Waals surface area contributed by atoms with Crippen LogP contribution in [0.15, 0.2) is 46.9 Å². The average Bonchev–Trinajstić information content (AvgIpc) is 2.30. The summed E-state index contributed by atoms with van der Waals surface area (Å²) in [4.78, 5) is 0. The van der Waals surface area contributed by atoms with Crippen molar-refractivity contribution in [1.29, 1.82) is 0 Å². The number of rotatable bonds is 3. The Labute approximate surface area is 108 Å². The van der Waals surface area contributed by atoms with E-state index in [1.165, 1.54) is 12.1 Å². The lowest BCUT2D eigenvalue weighted by molar-refractivity contribution is 0.305. The molecule has 0 aliphatic carbocycles. The number of ether oxygens (including phenoxy) is 1. The van der Waals surface area contributed by atoms with Gasteiger partial charge in [0, 0.05) is 4.47 Å². The Morgan fingerprint density at radius 2 is 1.82 bits per heavy atom. The summed E-state index contributed by atoms with van der Waals surface area (Å²) in [5.41, 5.74) is 1.90. The first-order chi connectivity index (χ1) is 8.15. The maximum absolute atomic E-state index is 12.9. The third-order valence-electron chi connectivity index (χ3n) is 2.51. The minimum atomic E-state index is -0.213. The second-order valence-corrected chi connectivity index (χ2v) is 4.73. The zero-order valence-corrected chi connectivity index (χ0v) is 11.0. The van der Waals surface area contributed by atoms with Gasteiger partial charge in [-0.2, -0.15) is 0 Å². The van der Waals surface area contributed by atoms with Crippen LogP contribution in [-0.2, 0) is 6.61 Å². The van der Waals surface area contributed by atoms with Crippen LogP contribution in [0, 0.1) is 12.7 Å². The van der Waals surface area contributed by atoms with Crippen LogP contribution in [-0.4, -0.2) is 0 Å². The molecule has 0 saturated heterocycles. The number of hydrogen-bond donors (Lipinski definition) is 0. The zero-order valence-electron chi connectivity index (χ0n) is 9.41. The largest absolute Gasteiger partial charge is 0.489 e. The first kappa shape index (κ1) is 12.1. The fourth-order valence-corrected chi connectivity index (χ4v) is 1.78. The topological polar surface area (TPSA) is 9.23 Å². The molecule has 2 rings (SSSR count). The minimum absolute atomic E-state index is 0.213. The van der Waals surface area contributed by atoms with Crippen molar-refractivity contribution in [2.45, 2.75) is 13.5 Å². The summed E-state index contributed by atoms with van der Waals surface area (Å²) in [6.45, 7) is 2.33. The summed E-state index contributed by atoms with van der Waals surface area (Å²) in [6, 6.07) is 12.3. The molecule has 0 saturated carbocycles. The molecule has 0 fully saturated rings. The molecule has 0 bridgehead atoms. The Morgan fingerprint density at radius 1 is 1.12 bits per heavy atom. The molecule has 0 spiro atoms. The van der Waals surface area contributed by atoms with E-state index in [0.717, 1.165) is 21.3 Å². The van der Waals surface area contributed by atoms with Gasteiger partial charge < -0.3 is 4.74 Å². The molecule has 0 aromatic heterocycles. The Balaban J connectivity index is 2.04. The number of aryl methyl sites for hydroxylation is 1. The fraction of sp³-hybridized carbons (Fsp3) is 0.143. The standard InChI is InChI=1S/C14H12BrFO/c1-10-8-13(16)5-2-11(10)9-17-14-6-3-12(15)4-7-14/h2-8H,9H2,1H3. The first-order valence-corrected chi connectivity index (χ1v) is 6.08. The third-order valence-corrected chi connectivity index (χ3v) is 3.04. The summed E-state index contributed by atoms with van der Waals surface area (Å²) >= 11 is 3.36. The average molecular weight is 295 g/mol. The summed E-state index contributed by atoms with van der Waals surface area (Å²) in [6.07, 6.45) is 0. The van der Waals surface area contributed by atoms with Crippen LogP contribution in [0.2, 0.25) is 0 Å². The molecule has 0 N–H and O–H groups in total. The van der Waals surface area contributed by atoms with Crippen molar-refractivity contribution in [3.8, 4) is 5.75 Å². The number of benzene rings is 2. The van der Waals surface area contributed by atoms with Crippen LogP contribution in [0.25, 0.3) is 0 Å². The Kier molecular flexibility index (Phi) is 3.79. The Bertz CT molecular complexity index is 508. The SMILES string of the molecule is Cc1cc(F)ccc1COc1ccc(Br)cc1. The number of halogens is 2. The first-order valence-electron chi connectivity index (χ1n) is 5.28. The molecule has 2 aromatic rings. The second-order valence-electron chi connectivity index (χ2n) is 3.81. The molecule has 0 aliphatic rings. The minimum Gasteiger partial charge on any atom is -0.489 e. The van der Waals surface area contributed by atoms with Gasteiger partial charge in [-0.3, -0.25) is 0 Å². The van der Waals surface area contributed by atoms with Crippen LogP contribution in [0.3, 0.4) is 0 Å². The molecule has 0 heterocycles. The lowest BCUT2D eigenvalue weighted by Crippen LogP contribution is -1.98. The zero-order chi connectivity index (χ0) is 12.3. The molecule has 0 aliphatic heterocycles. The molecule has 3 heteroatoms. The third kappa shape index (κ3) is 3.30. The van der Waals surface area contributed by atoms with Crippen molar-refractivity contribution < 1.29 is 9.13 Å². The van der Waals surface area contributed by atoms with Crippen molar-refractivity contribution in [2.75, 3.05) is 0 Å². The van der Waals surface area contributed by atoms with Gasteiger partial charge in [0.15, 0.2) is 0 Å². The molecular formula is C14H12BrFO. The van der Waals surface area contributed by atoms with Gasteiger partial charge in [-0.25, -0.2) is 4.39 Å². The van der Waals surface area contributed by atoms with E-state index in [-0.39, 0.29) is 5.82 Å². The van der Waals surface area contributed by atoms with E-state index in [2.05, 4.69) is 15.9 Å². The van der Waals surface area contributed by atoms with Crippen LogP contribution in [0.1, 0.15) is 11.1 Å². The van der Waals surface area contributed by atoms with Gasteiger partial charge in [0.25, 0.3) is 0 Å². The highest BCUT2D eigenvalue weighted by Crippen LogP contribution is 2.18. The van der Waals surface area contributed by atoms with Gasteiger partial charge in [-0.15, -0.1) is 0 Å². The lowest BCUT2D eigenvalue weighted by atomic mass is 10.1. The maximum atomic E-state index is 12.9. The fourth-order valence-electron chi connectivity index (χ4n) is 1.51. The monoisotopic (exact) mass is 294 g/mol. The van der Waals surface area contributed by atoms with Gasteiger partial charge >= 0.3 is 0 Å². The van der Waals surface area contributed by atoms with Crippen molar-refractivity contribution in [2.24, 2.45) is 0 Å². The van der Waals surface area contributed by atoms with E-state index >= 15 is 0 Å². The van der Waals surface area contributed by atoms with Crippen molar-refractivity contribution >= 4 is 15.9 Å². The Hall–Kier alpha value is -1.35. The van der Waals surface area contributed by atoms with E-state index in [0.29, 0.717) is 6.61 Å². The lowest BCUT2D eigenvalue weighted by Gasteiger charge is -2.08. The predicted octanol–water partition coefficient (Wildman–Crippen LogP) is 4.48. The van der Waals surface area contributed by atoms with E-state index in [1.807, 2.05) is 31.2 Å². The van der Waals surface area contributed by atoms with Crippen molar-refractivity contribution in [3.05, 3.63) is 63.9 Å². The van der Waals surface area contributed by atoms with E-state index in [4.69, 9.17) is 4.74 Å². The van der Waals surface area contributed by atoms with Gasteiger partial charge in [0.1, 0.15) is 18.2 Å². The number of hydrogen-bond acceptors (Lipinski definition) is 1. The molecule has 0 atom stereocenters. The van der Waals surface area contributed by atoms with Gasteiger partial charge in [0.2, 0.25) is 0 Å². The van der Waals surface area contributed by atoms with E-state index < -0.39 is 0 Å². The van der Waals surface area contributed by atoms with Crippen LogP contribution < -0.4 is 4.74 Å². The molecule has 2 aromatic carbocycles. The molecular weight excluding hydrogens is 283 g/mol. The quantitative estimate of drug-likeness (QED) is 0.811. The highest BCUT2D eigenvalue weighted by molar-refractivity contribution is 9.10. The molecule has 17 heavy (non-hydrogen) atoms. The normalized spacial score (nSPS) is 10.3. The van der Waals surface area contributed by atoms with Crippen LogP contribution in [0.5, 0.6) is 5.75 Å². The molecule has 1 nitrogen and oxygen atoms in total. The molecule has 0 radical (unpaired) electrons. The van der Waals surface area contributed by atoms with Gasteiger partial charge in [0.05, 0.1) is 0 Å². The van der Waals surface area contributed by atoms with Gasteiger partial charge in [-0.1, -0.05) is 22.0 Å². The summed E-state index contributed by atoms with van der Waals surface area (Å²) < 4.78 is 19.6. The van der Waals surface area contributed by atoms with E-state index in [1.54, 1.807) is 6.07 Å². The predicted molar refractivity (Wildman–Crippen MR) is 69.6 cm³/mol. The summed E-state index contributed by atoms with van der Waals surface area (Å²) in [5, 5.41) is 0. The van der Waals surface area contributed by atoms with Gasteiger partial charge in [-0.05, 0) is 54.4 Å². The van der Waals surface area contributed by atoms with E-state index in [9.17, 15) is 4.39 Å². The highest BCUT2D eigenvalue weighted by atomic mass is 79.9. The van der Waals surface area contributed by atoms with Crippen LogP contribution in [0.4, 0.5) is 4.39 Å². The highest BCUT2D eigenvalue weighted by Gasteiger charge is 2.01. The van der Waals surface area contributed by atoms with Crippen molar-refractivity contribution in [1.82, 2.24) is 0 Å². The summed E-state index contributed by atoms with van der Waals surface area (Å²) in [5.74, 6) is 0.590. The summed E-state index contributed by atoms with van der Waals surface area (Å²) in [7, 11) is 0. The molecule has 0 unspecified atom stereocenters.